The molecule has 2 heterocycles. The Morgan fingerprint density at radius 1 is 0.839 bits per heavy atom. The van der Waals surface area contributed by atoms with E-state index in [1.807, 2.05) is 24.3 Å². The molecule has 0 N–H and O–H groups in total. The second-order valence-electron chi connectivity index (χ2n) is 7.88. The number of rotatable bonds is 6. The molecule has 0 atom stereocenters. The maximum absolute atomic E-state index is 12.9. The predicted molar refractivity (Wildman–Crippen MR) is 116 cm³/mol. The largest absolute Gasteiger partial charge is 0.343 e. The number of amides is 4. The van der Waals surface area contributed by atoms with Gasteiger partial charge in [-0.15, -0.1) is 0 Å². The maximum Gasteiger partial charge on any atom is 0.332 e. The molecule has 2 aliphatic heterocycles. The van der Waals surface area contributed by atoms with E-state index in [9.17, 15) is 19.2 Å². The van der Waals surface area contributed by atoms with Gasteiger partial charge in [0.15, 0.2) is 5.78 Å². The highest BCUT2D eigenvalue weighted by Crippen LogP contribution is 2.26. The fourth-order valence-corrected chi connectivity index (χ4v) is 4.21. The molecule has 0 unspecified atom stereocenters. The van der Waals surface area contributed by atoms with Crippen LogP contribution in [0, 0.1) is 0 Å². The molecule has 160 valence electrons. The predicted octanol–water partition coefficient (Wildman–Crippen LogP) is 3.11. The molecule has 2 aliphatic rings. The zero-order chi connectivity index (χ0) is 21.8. The summed E-state index contributed by atoms with van der Waals surface area (Å²) in [5, 5.41) is 0. The molecule has 4 amide bonds. The SMILES string of the molecule is O=C(CCC(=O)N1CCC(N2CC(=O)N(c3ccccc3)C2=O)CC1)c1ccccc1. The summed E-state index contributed by atoms with van der Waals surface area (Å²) in [6.45, 7) is 1.11. The highest BCUT2D eigenvalue weighted by molar-refractivity contribution is 6.19. The van der Waals surface area contributed by atoms with Crippen molar-refractivity contribution < 1.29 is 19.2 Å². The number of imide groups is 1. The fourth-order valence-electron chi connectivity index (χ4n) is 4.21. The van der Waals surface area contributed by atoms with Crippen molar-refractivity contribution in [1.82, 2.24) is 9.80 Å². The molecule has 0 radical (unpaired) electrons. The summed E-state index contributed by atoms with van der Waals surface area (Å²) in [7, 11) is 0. The molecule has 2 saturated heterocycles. The van der Waals surface area contributed by atoms with Crippen molar-refractivity contribution in [3.05, 3.63) is 66.2 Å². The Hall–Kier alpha value is -3.48. The Morgan fingerprint density at radius 2 is 1.45 bits per heavy atom. The van der Waals surface area contributed by atoms with E-state index in [0.717, 1.165) is 0 Å². The number of anilines is 1. The van der Waals surface area contributed by atoms with Crippen molar-refractivity contribution >= 4 is 29.3 Å². The number of piperidine rings is 1. The van der Waals surface area contributed by atoms with E-state index in [-0.39, 0.29) is 49.1 Å². The van der Waals surface area contributed by atoms with Crippen LogP contribution in [0.15, 0.2) is 60.7 Å². The van der Waals surface area contributed by atoms with Gasteiger partial charge in [0.2, 0.25) is 5.91 Å². The lowest BCUT2D eigenvalue weighted by molar-refractivity contribution is -0.132. The summed E-state index contributed by atoms with van der Waals surface area (Å²) >= 11 is 0. The number of urea groups is 1. The van der Waals surface area contributed by atoms with Gasteiger partial charge < -0.3 is 9.80 Å². The molecule has 0 bridgehead atoms. The first-order chi connectivity index (χ1) is 15.0. The fraction of sp³-hybridized carbons (Fsp3) is 0.333. The second kappa shape index (κ2) is 9.12. The standard InChI is InChI=1S/C24H25N3O4/c28-21(18-7-3-1-4-8-18)11-12-22(29)25-15-13-19(14-16-25)26-17-23(30)27(24(26)31)20-9-5-2-6-10-20/h1-10,19H,11-17H2. The highest BCUT2D eigenvalue weighted by atomic mass is 16.2. The van der Waals surface area contributed by atoms with Crippen LogP contribution in [0.4, 0.5) is 10.5 Å². The first-order valence-corrected chi connectivity index (χ1v) is 10.6. The third-order valence-corrected chi connectivity index (χ3v) is 5.93. The van der Waals surface area contributed by atoms with Crippen molar-refractivity contribution in [3.8, 4) is 0 Å². The summed E-state index contributed by atoms with van der Waals surface area (Å²) in [6, 6.07) is 17.5. The van der Waals surface area contributed by atoms with E-state index < -0.39 is 0 Å². The maximum atomic E-state index is 12.9. The van der Waals surface area contributed by atoms with Crippen LogP contribution in [0.5, 0.6) is 0 Å². The molecule has 4 rings (SSSR count). The Morgan fingerprint density at radius 3 is 2.10 bits per heavy atom. The zero-order valence-corrected chi connectivity index (χ0v) is 17.3. The minimum atomic E-state index is -0.297. The minimum absolute atomic E-state index is 0.0361. The highest BCUT2D eigenvalue weighted by Gasteiger charge is 2.41. The molecule has 7 nitrogen and oxygen atoms in total. The van der Waals surface area contributed by atoms with Gasteiger partial charge in [-0.2, -0.15) is 0 Å². The summed E-state index contributed by atoms with van der Waals surface area (Å²) in [4.78, 5) is 54.7. The van der Waals surface area contributed by atoms with Gasteiger partial charge in [0.1, 0.15) is 6.54 Å². The smallest absolute Gasteiger partial charge is 0.332 e. The molecule has 0 spiro atoms. The molecular formula is C24H25N3O4. The van der Waals surface area contributed by atoms with Crippen LogP contribution >= 0.6 is 0 Å². The second-order valence-corrected chi connectivity index (χ2v) is 7.88. The summed E-state index contributed by atoms with van der Waals surface area (Å²) in [5.74, 6) is -0.308. The quantitative estimate of drug-likeness (QED) is 0.532. The Kier molecular flexibility index (Phi) is 6.11. The monoisotopic (exact) mass is 419 g/mol. The molecule has 31 heavy (non-hydrogen) atoms. The van der Waals surface area contributed by atoms with Crippen molar-refractivity contribution in [1.29, 1.82) is 0 Å². The zero-order valence-electron chi connectivity index (χ0n) is 17.3. The van der Waals surface area contributed by atoms with Crippen LogP contribution in [0.25, 0.3) is 0 Å². The number of carbonyl (C=O) groups excluding carboxylic acids is 4. The van der Waals surface area contributed by atoms with Gasteiger partial charge in [-0.1, -0.05) is 48.5 Å². The van der Waals surface area contributed by atoms with E-state index in [1.54, 1.807) is 46.2 Å². The van der Waals surface area contributed by atoms with Gasteiger partial charge >= 0.3 is 6.03 Å². The Balaban J connectivity index is 1.28. The molecule has 0 aromatic heterocycles. The number of benzene rings is 2. The van der Waals surface area contributed by atoms with Crippen molar-refractivity contribution in [2.24, 2.45) is 0 Å². The normalized spacial score (nSPS) is 17.4. The van der Waals surface area contributed by atoms with Gasteiger partial charge in [0.25, 0.3) is 5.91 Å². The lowest BCUT2D eigenvalue weighted by atomic mass is 10.0. The number of Topliss-reactive ketones (excluding diaryl/α,β-unsaturated/α-hetero) is 1. The van der Waals surface area contributed by atoms with E-state index in [1.165, 1.54) is 4.90 Å². The van der Waals surface area contributed by atoms with Gasteiger partial charge in [-0.05, 0) is 25.0 Å². The lowest BCUT2D eigenvalue weighted by Crippen LogP contribution is -2.48. The van der Waals surface area contributed by atoms with Crippen LogP contribution < -0.4 is 4.90 Å². The number of hydrogen-bond acceptors (Lipinski definition) is 4. The number of ketones is 1. The van der Waals surface area contributed by atoms with Crippen LogP contribution in [0.3, 0.4) is 0 Å². The number of para-hydroxylation sites is 1. The van der Waals surface area contributed by atoms with E-state index in [4.69, 9.17) is 0 Å². The van der Waals surface area contributed by atoms with Crippen LogP contribution in [0.2, 0.25) is 0 Å². The van der Waals surface area contributed by atoms with Crippen molar-refractivity contribution in [2.45, 2.75) is 31.7 Å². The molecule has 0 aliphatic carbocycles. The van der Waals surface area contributed by atoms with E-state index in [0.29, 0.717) is 37.2 Å². The number of hydrogen-bond donors (Lipinski definition) is 0. The van der Waals surface area contributed by atoms with Crippen molar-refractivity contribution in [2.75, 3.05) is 24.5 Å². The minimum Gasteiger partial charge on any atom is -0.343 e. The molecule has 2 aromatic rings. The van der Waals surface area contributed by atoms with Gasteiger partial charge in [0.05, 0.1) is 5.69 Å². The van der Waals surface area contributed by atoms with Gasteiger partial charge in [-0.3, -0.25) is 14.4 Å². The van der Waals surface area contributed by atoms with Crippen LogP contribution in [-0.2, 0) is 9.59 Å². The van der Waals surface area contributed by atoms with E-state index >= 15 is 0 Å². The number of carbonyl (C=O) groups is 4. The first-order valence-electron chi connectivity index (χ1n) is 10.6. The van der Waals surface area contributed by atoms with Gasteiger partial charge in [0, 0.05) is 37.5 Å². The van der Waals surface area contributed by atoms with E-state index in [2.05, 4.69) is 0 Å². The molecular weight excluding hydrogens is 394 g/mol. The van der Waals surface area contributed by atoms with Gasteiger partial charge in [-0.25, -0.2) is 9.69 Å². The van der Waals surface area contributed by atoms with Crippen molar-refractivity contribution in [3.63, 3.8) is 0 Å². The van der Waals surface area contributed by atoms with Crippen LogP contribution in [-0.4, -0.2) is 59.1 Å². The molecule has 0 saturated carbocycles. The number of nitrogens with zero attached hydrogens (tertiary/aromatic N) is 3. The first kappa shape index (κ1) is 20.8. The topological polar surface area (TPSA) is 78.0 Å². The molecule has 7 heteroatoms. The molecule has 2 aromatic carbocycles. The Labute approximate surface area is 181 Å². The average Bonchev–Trinajstić information content (AvgIpc) is 3.12. The Bertz CT molecular complexity index is 969. The molecule has 2 fully saturated rings. The summed E-state index contributed by atoms with van der Waals surface area (Å²) in [6.07, 6.45) is 1.62. The third kappa shape index (κ3) is 4.50. The van der Waals surface area contributed by atoms with Crippen LogP contribution in [0.1, 0.15) is 36.0 Å². The summed E-state index contributed by atoms with van der Waals surface area (Å²) < 4.78 is 0. The average molecular weight is 419 g/mol. The summed E-state index contributed by atoms with van der Waals surface area (Å²) in [5.41, 5.74) is 1.20. The lowest BCUT2D eigenvalue weighted by Gasteiger charge is -2.36. The number of likely N-dealkylation sites (tertiary alicyclic amines) is 1. The third-order valence-electron chi connectivity index (χ3n) is 5.93.